The van der Waals surface area contributed by atoms with Crippen molar-refractivity contribution in [2.24, 2.45) is 5.73 Å². The summed E-state index contributed by atoms with van der Waals surface area (Å²) in [4.78, 5) is 12.7. The van der Waals surface area contributed by atoms with Gasteiger partial charge in [0.05, 0.1) is 5.69 Å². The highest BCUT2D eigenvalue weighted by Gasteiger charge is 2.21. The van der Waals surface area contributed by atoms with Crippen LogP contribution in [0.1, 0.15) is 27.5 Å². The van der Waals surface area contributed by atoms with Gasteiger partial charge in [0.1, 0.15) is 5.58 Å². The third-order valence-electron chi connectivity index (χ3n) is 3.75. The predicted molar refractivity (Wildman–Crippen MR) is 88.1 cm³/mol. The fraction of sp³-hybridized carbons (Fsp3) is 0.250. The van der Waals surface area contributed by atoms with E-state index >= 15 is 0 Å². The van der Waals surface area contributed by atoms with Crippen LogP contribution in [-0.4, -0.2) is 22.2 Å². The highest BCUT2D eigenvalue weighted by atomic mass is 79.9. The van der Waals surface area contributed by atoms with Gasteiger partial charge in [0.15, 0.2) is 5.76 Å². The van der Waals surface area contributed by atoms with Gasteiger partial charge in [-0.05, 0) is 50.6 Å². The maximum absolute atomic E-state index is 12.7. The molecule has 0 spiro atoms. The minimum atomic E-state index is -0.271. The number of carbonyl (C=O) groups excluding carboxylic acids is 1. The van der Waals surface area contributed by atoms with Crippen molar-refractivity contribution in [3.63, 3.8) is 0 Å². The second kappa shape index (κ2) is 5.70. The van der Waals surface area contributed by atoms with Crippen molar-refractivity contribution in [2.75, 3.05) is 6.54 Å². The van der Waals surface area contributed by atoms with Gasteiger partial charge in [0.25, 0.3) is 0 Å². The molecule has 5 nitrogen and oxygen atoms in total. The molecular formula is C16H16BrN3O2. The van der Waals surface area contributed by atoms with Crippen LogP contribution in [0.4, 0.5) is 0 Å². The Hall–Kier alpha value is -1.92. The van der Waals surface area contributed by atoms with E-state index < -0.39 is 0 Å². The van der Waals surface area contributed by atoms with Gasteiger partial charge in [0.2, 0.25) is 0 Å². The molecule has 2 N–H and O–H groups in total. The molecule has 3 aromatic rings. The van der Waals surface area contributed by atoms with E-state index in [9.17, 15) is 4.79 Å². The fourth-order valence-corrected chi connectivity index (χ4v) is 3.08. The smallest absolute Gasteiger partial charge is 0.314 e. The number of aryl methyl sites for hydroxylation is 1. The monoisotopic (exact) mass is 361 g/mol. The lowest BCUT2D eigenvalue weighted by atomic mass is 10.1. The molecule has 0 radical (unpaired) electrons. The van der Waals surface area contributed by atoms with Crippen LogP contribution in [0.5, 0.6) is 0 Å². The van der Waals surface area contributed by atoms with Crippen molar-refractivity contribution in [1.29, 1.82) is 0 Å². The number of halogens is 1. The van der Waals surface area contributed by atoms with Crippen LogP contribution in [0, 0.1) is 13.8 Å². The van der Waals surface area contributed by atoms with Gasteiger partial charge >= 0.3 is 5.91 Å². The number of hydrogen-bond acceptors (Lipinski definition) is 4. The Kier molecular flexibility index (Phi) is 3.88. The molecule has 2 heterocycles. The van der Waals surface area contributed by atoms with Gasteiger partial charge in [-0.25, -0.2) is 0 Å². The van der Waals surface area contributed by atoms with Crippen LogP contribution in [0.15, 0.2) is 33.2 Å². The Morgan fingerprint density at radius 1 is 1.41 bits per heavy atom. The Morgan fingerprint density at radius 2 is 2.18 bits per heavy atom. The van der Waals surface area contributed by atoms with E-state index in [2.05, 4.69) is 21.0 Å². The summed E-state index contributed by atoms with van der Waals surface area (Å²) < 4.78 is 7.95. The van der Waals surface area contributed by atoms with Gasteiger partial charge in [-0.3, -0.25) is 4.79 Å². The van der Waals surface area contributed by atoms with E-state index in [0.29, 0.717) is 18.5 Å². The molecule has 114 valence electrons. The first-order valence-corrected chi connectivity index (χ1v) is 7.80. The van der Waals surface area contributed by atoms with Crippen LogP contribution in [0.25, 0.3) is 11.0 Å². The van der Waals surface area contributed by atoms with E-state index in [1.165, 1.54) is 4.68 Å². The highest BCUT2D eigenvalue weighted by molar-refractivity contribution is 9.10. The number of rotatable bonds is 3. The largest absolute Gasteiger partial charge is 0.451 e. The molecule has 6 heteroatoms. The molecule has 0 saturated heterocycles. The zero-order chi connectivity index (χ0) is 15.9. The first kappa shape index (κ1) is 15.0. The number of furan rings is 1. The molecule has 0 unspecified atom stereocenters. The van der Waals surface area contributed by atoms with E-state index in [1.54, 1.807) is 6.07 Å². The third kappa shape index (κ3) is 2.38. The summed E-state index contributed by atoms with van der Waals surface area (Å²) >= 11 is 3.46. The SMILES string of the molecule is Cc1nn(C(=O)c2cc3c(Br)cccc3o2)c(C)c1CCN. The Bertz CT molecular complexity index is 864. The summed E-state index contributed by atoms with van der Waals surface area (Å²) in [7, 11) is 0. The molecule has 2 aromatic heterocycles. The van der Waals surface area contributed by atoms with Crippen molar-refractivity contribution < 1.29 is 9.21 Å². The minimum absolute atomic E-state index is 0.270. The summed E-state index contributed by atoms with van der Waals surface area (Å²) in [5.41, 5.74) is 8.95. The zero-order valence-corrected chi connectivity index (χ0v) is 14.0. The lowest BCUT2D eigenvalue weighted by Crippen LogP contribution is -2.15. The van der Waals surface area contributed by atoms with Crippen LogP contribution in [-0.2, 0) is 6.42 Å². The predicted octanol–water partition coefficient (Wildman–Crippen LogP) is 3.20. The summed E-state index contributed by atoms with van der Waals surface area (Å²) in [6, 6.07) is 7.35. The van der Waals surface area contributed by atoms with E-state index in [0.717, 1.165) is 26.8 Å². The first-order valence-electron chi connectivity index (χ1n) is 7.01. The molecule has 3 rings (SSSR count). The molecule has 0 aliphatic heterocycles. The minimum Gasteiger partial charge on any atom is -0.451 e. The van der Waals surface area contributed by atoms with E-state index in [4.69, 9.17) is 10.2 Å². The van der Waals surface area contributed by atoms with Crippen molar-refractivity contribution in [1.82, 2.24) is 9.78 Å². The summed E-state index contributed by atoms with van der Waals surface area (Å²) in [6.45, 7) is 4.29. The molecule has 0 fully saturated rings. The average molecular weight is 362 g/mol. The van der Waals surface area contributed by atoms with Gasteiger partial charge < -0.3 is 10.2 Å². The first-order chi connectivity index (χ1) is 10.5. The lowest BCUT2D eigenvalue weighted by Gasteiger charge is -2.01. The number of nitrogens with two attached hydrogens (primary N) is 1. The second-order valence-electron chi connectivity index (χ2n) is 5.17. The molecule has 0 aliphatic carbocycles. The van der Waals surface area contributed by atoms with E-state index in [1.807, 2.05) is 32.0 Å². The van der Waals surface area contributed by atoms with Crippen molar-refractivity contribution >= 4 is 32.8 Å². The molecule has 22 heavy (non-hydrogen) atoms. The number of nitrogens with zero attached hydrogens (tertiary/aromatic N) is 2. The Balaban J connectivity index is 2.06. The second-order valence-corrected chi connectivity index (χ2v) is 6.02. The lowest BCUT2D eigenvalue weighted by molar-refractivity contribution is 0.0916. The van der Waals surface area contributed by atoms with Gasteiger partial charge in [-0.15, -0.1) is 0 Å². The number of hydrogen-bond donors (Lipinski definition) is 1. The van der Waals surface area contributed by atoms with Crippen LogP contribution >= 0.6 is 15.9 Å². The quantitative estimate of drug-likeness (QED) is 0.777. The van der Waals surface area contributed by atoms with Crippen molar-refractivity contribution in [2.45, 2.75) is 20.3 Å². The highest BCUT2D eigenvalue weighted by Crippen LogP contribution is 2.27. The van der Waals surface area contributed by atoms with Crippen LogP contribution in [0.3, 0.4) is 0 Å². The van der Waals surface area contributed by atoms with E-state index in [-0.39, 0.29) is 11.7 Å². The van der Waals surface area contributed by atoms with Gasteiger partial charge in [0, 0.05) is 15.6 Å². The zero-order valence-electron chi connectivity index (χ0n) is 12.4. The number of benzene rings is 1. The Labute approximate surface area is 136 Å². The number of aromatic nitrogens is 2. The normalized spacial score (nSPS) is 11.3. The van der Waals surface area contributed by atoms with Crippen LogP contribution < -0.4 is 5.73 Å². The maximum atomic E-state index is 12.7. The molecule has 0 bridgehead atoms. The van der Waals surface area contributed by atoms with Gasteiger partial charge in [-0.1, -0.05) is 22.0 Å². The molecule has 1 aromatic carbocycles. The van der Waals surface area contributed by atoms with Crippen molar-refractivity contribution in [3.8, 4) is 0 Å². The summed E-state index contributed by atoms with van der Waals surface area (Å²) in [5, 5.41) is 5.21. The fourth-order valence-electron chi connectivity index (χ4n) is 2.61. The molecule has 0 aliphatic rings. The molecule has 0 amide bonds. The summed E-state index contributed by atoms with van der Waals surface area (Å²) in [5.74, 6) is -0.00114. The third-order valence-corrected chi connectivity index (χ3v) is 4.44. The topological polar surface area (TPSA) is 74.0 Å². The maximum Gasteiger partial charge on any atom is 0.314 e. The Morgan fingerprint density at radius 3 is 2.86 bits per heavy atom. The van der Waals surface area contributed by atoms with Crippen molar-refractivity contribution in [3.05, 3.63) is 51.4 Å². The van der Waals surface area contributed by atoms with Gasteiger partial charge in [-0.2, -0.15) is 9.78 Å². The van der Waals surface area contributed by atoms with Crippen LogP contribution in [0.2, 0.25) is 0 Å². The standard InChI is InChI=1S/C16H16BrN3O2/c1-9-11(6-7-18)10(2)20(19-9)16(21)15-8-12-13(17)4-3-5-14(12)22-15/h3-5,8H,6-7,18H2,1-2H3. The number of carbonyl (C=O) groups is 1. The number of fused-ring (bicyclic) bond motifs is 1. The molecule has 0 saturated carbocycles. The summed E-state index contributed by atoms with van der Waals surface area (Å²) in [6.07, 6.45) is 0.705. The molecule has 0 atom stereocenters. The molecular weight excluding hydrogens is 346 g/mol. The average Bonchev–Trinajstić information content (AvgIpc) is 3.04.